The third-order valence-corrected chi connectivity index (χ3v) is 2.67. The number of benzene rings is 2. The zero-order valence-corrected chi connectivity index (χ0v) is 10.2. The lowest BCUT2D eigenvalue weighted by atomic mass is 10.2. The van der Waals surface area contributed by atoms with Gasteiger partial charge in [-0.25, -0.2) is 0 Å². The van der Waals surface area contributed by atoms with Gasteiger partial charge in [-0.2, -0.15) is 0 Å². The van der Waals surface area contributed by atoms with Crippen molar-refractivity contribution in [2.75, 3.05) is 12.4 Å². The zero-order chi connectivity index (χ0) is 12.1. The first-order chi connectivity index (χ1) is 8.28. The van der Waals surface area contributed by atoms with Crippen molar-refractivity contribution in [3.63, 3.8) is 0 Å². The first-order valence-electron chi connectivity index (χ1n) is 5.74. The maximum absolute atomic E-state index is 5.70. The van der Waals surface area contributed by atoms with Gasteiger partial charge in [0.1, 0.15) is 12.4 Å². The van der Waals surface area contributed by atoms with Crippen LogP contribution >= 0.6 is 0 Å². The van der Waals surface area contributed by atoms with Crippen molar-refractivity contribution in [3.05, 3.63) is 59.7 Å². The molecular weight excluding hydrogens is 210 g/mol. The molecule has 0 fully saturated rings. The molecule has 2 aromatic rings. The number of nitrogens with one attached hydrogen (secondary N) is 1. The van der Waals surface area contributed by atoms with E-state index in [9.17, 15) is 0 Å². The van der Waals surface area contributed by atoms with Crippen molar-refractivity contribution in [3.8, 4) is 5.75 Å². The molecule has 0 aliphatic carbocycles. The summed E-state index contributed by atoms with van der Waals surface area (Å²) in [6.07, 6.45) is 0. The summed E-state index contributed by atoms with van der Waals surface area (Å²) in [4.78, 5) is 0. The molecule has 0 spiro atoms. The van der Waals surface area contributed by atoms with E-state index in [1.165, 1.54) is 11.1 Å². The Morgan fingerprint density at radius 3 is 2.18 bits per heavy atom. The minimum absolute atomic E-state index is 0.610. The minimum atomic E-state index is 0.610. The molecule has 0 aromatic heterocycles. The molecule has 0 atom stereocenters. The van der Waals surface area contributed by atoms with Gasteiger partial charge >= 0.3 is 0 Å². The lowest BCUT2D eigenvalue weighted by Gasteiger charge is -2.07. The molecule has 2 aromatic carbocycles. The number of hydrogen-bond donors (Lipinski definition) is 1. The van der Waals surface area contributed by atoms with Crippen LogP contribution in [0.5, 0.6) is 5.75 Å². The van der Waals surface area contributed by atoms with Crippen molar-refractivity contribution in [2.45, 2.75) is 13.5 Å². The summed E-state index contributed by atoms with van der Waals surface area (Å²) in [6, 6.07) is 16.3. The molecule has 2 nitrogen and oxygen atoms in total. The summed E-state index contributed by atoms with van der Waals surface area (Å²) < 4.78 is 5.70. The second-order valence-electron chi connectivity index (χ2n) is 4.05. The molecule has 0 bridgehead atoms. The first kappa shape index (κ1) is 11.5. The van der Waals surface area contributed by atoms with Gasteiger partial charge in [-0.15, -0.1) is 0 Å². The highest BCUT2D eigenvalue weighted by Crippen LogP contribution is 2.16. The molecule has 17 heavy (non-hydrogen) atoms. The van der Waals surface area contributed by atoms with Crippen LogP contribution in [0.1, 0.15) is 11.1 Å². The molecule has 2 heteroatoms. The van der Waals surface area contributed by atoms with Crippen LogP contribution in [-0.4, -0.2) is 7.05 Å². The van der Waals surface area contributed by atoms with Crippen molar-refractivity contribution >= 4 is 5.69 Å². The largest absolute Gasteiger partial charge is 0.489 e. The molecular formula is C15H17NO. The second kappa shape index (κ2) is 5.39. The van der Waals surface area contributed by atoms with Gasteiger partial charge in [0.15, 0.2) is 0 Å². The fourth-order valence-corrected chi connectivity index (χ4v) is 1.57. The Balaban J connectivity index is 1.95. The maximum Gasteiger partial charge on any atom is 0.119 e. The Morgan fingerprint density at radius 2 is 1.59 bits per heavy atom. The number of aryl methyl sites for hydroxylation is 1. The first-order valence-corrected chi connectivity index (χ1v) is 5.74. The molecule has 1 N–H and O–H groups in total. The van der Waals surface area contributed by atoms with Crippen LogP contribution in [0.15, 0.2) is 48.5 Å². The van der Waals surface area contributed by atoms with Gasteiger partial charge in [0, 0.05) is 12.7 Å². The van der Waals surface area contributed by atoms with Gasteiger partial charge in [0.25, 0.3) is 0 Å². The van der Waals surface area contributed by atoms with E-state index in [0.29, 0.717) is 6.61 Å². The molecule has 0 saturated carbocycles. The van der Waals surface area contributed by atoms with Crippen molar-refractivity contribution in [1.82, 2.24) is 0 Å². The Hall–Kier alpha value is -1.96. The van der Waals surface area contributed by atoms with Crippen LogP contribution in [-0.2, 0) is 6.61 Å². The zero-order valence-electron chi connectivity index (χ0n) is 10.2. The van der Waals surface area contributed by atoms with Crippen molar-refractivity contribution in [2.24, 2.45) is 0 Å². The highest BCUT2D eigenvalue weighted by molar-refractivity contribution is 5.45. The minimum Gasteiger partial charge on any atom is -0.489 e. The Morgan fingerprint density at radius 1 is 0.941 bits per heavy atom. The summed E-state index contributed by atoms with van der Waals surface area (Å²) in [5.74, 6) is 0.893. The average Bonchev–Trinajstić information content (AvgIpc) is 2.39. The molecule has 0 unspecified atom stereocenters. The molecule has 0 amide bonds. The lowest BCUT2D eigenvalue weighted by molar-refractivity contribution is 0.306. The Bertz CT molecular complexity index is 459. The number of anilines is 1. The molecule has 0 radical (unpaired) electrons. The van der Waals surface area contributed by atoms with Crippen LogP contribution < -0.4 is 10.1 Å². The highest BCUT2D eigenvalue weighted by atomic mass is 16.5. The summed E-state index contributed by atoms with van der Waals surface area (Å²) in [5, 5.41) is 3.08. The van der Waals surface area contributed by atoms with Crippen molar-refractivity contribution < 1.29 is 4.74 Å². The number of rotatable bonds is 4. The van der Waals surface area contributed by atoms with E-state index in [1.807, 2.05) is 31.3 Å². The highest BCUT2D eigenvalue weighted by Gasteiger charge is 1.96. The van der Waals surface area contributed by atoms with Crippen LogP contribution in [0, 0.1) is 6.92 Å². The Labute approximate surface area is 102 Å². The quantitative estimate of drug-likeness (QED) is 0.861. The van der Waals surface area contributed by atoms with Gasteiger partial charge in [0.05, 0.1) is 0 Å². The summed E-state index contributed by atoms with van der Waals surface area (Å²) >= 11 is 0. The molecule has 88 valence electrons. The normalized spacial score (nSPS) is 10.0. The molecule has 0 saturated heterocycles. The second-order valence-corrected chi connectivity index (χ2v) is 4.05. The van der Waals surface area contributed by atoms with E-state index < -0.39 is 0 Å². The van der Waals surface area contributed by atoms with E-state index in [1.54, 1.807) is 0 Å². The predicted octanol–water partition coefficient (Wildman–Crippen LogP) is 3.62. The average molecular weight is 227 g/mol. The third-order valence-electron chi connectivity index (χ3n) is 2.67. The van der Waals surface area contributed by atoms with Gasteiger partial charge in [-0.05, 0) is 36.8 Å². The standard InChI is InChI=1S/C15H17NO/c1-12-3-5-13(6-4-12)11-17-15-9-7-14(16-2)8-10-15/h3-10,16H,11H2,1-2H3. The summed E-state index contributed by atoms with van der Waals surface area (Å²) in [7, 11) is 1.90. The molecule has 0 heterocycles. The van der Waals surface area contributed by atoms with Gasteiger partial charge < -0.3 is 10.1 Å². The van der Waals surface area contributed by atoms with E-state index >= 15 is 0 Å². The van der Waals surface area contributed by atoms with Crippen LogP contribution in [0.4, 0.5) is 5.69 Å². The van der Waals surface area contributed by atoms with Gasteiger partial charge in [-0.1, -0.05) is 29.8 Å². The summed E-state index contributed by atoms with van der Waals surface area (Å²) in [6.45, 7) is 2.69. The SMILES string of the molecule is CNc1ccc(OCc2ccc(C)cc2)cc1. The predicted molar refractivity (Wildman–Crippen MR) is 71.5 cm³/mol. The molecule has 2 rings (SSSR count). The number of ether oxygens (including phenoxy) is 1. The van der Waals surface area contributed by atoms with E-state index in [4.69, 9.17) is 4.74 Å². The monoisotopic (exact) mass is 227 g/mol. The molecule has 0 aliphatic rings. The smallest absolute Gasteiger partial charge is 0.119 e. The fraction of sp³-hybridized carbons (Fsp3) is 0.200. The van der Waals surface area contributed by atoms with E-state index in [2.05, 4.69) is 36.5 Å². The van der Waals surface area contributed by atoms with Crippen LogP contribution in [0.3, 0.4) is 0 Å². The van der Waals surface area contributed by atoms with Gasteiger partial charge in [-0.3, -0.25) is 0 Å². The van der Waals surface area contributed by atoms with Crippen molar-refractivity contribution in [1.29, 1.82) is 0 Å². The van der Waals surface area contributed by atoms with Crippen LogP contribution in [0.2, 0.25) is 0 Å². The number of hydrogen-bond acceptors (Lipinski definition) is 2. The topological polar surface area (TPSA) is 21.3 Å². The maximum atomic E-state index is 5.70. The van der Waals surface area contributed by atoms with E-state index in [-0.39, 0.29) is 0 Å². The van der Waals surface area contributed by atoms with E-state index in [0.717, 1.165) is 11.4 Å². The summed E-state index contributed by atoms with van der Waals surface area (Å²) in [5.41, 5.74) is 3.55. The van der Waals surface area contributed by atoms with Gasteiger partial charge in [0.2, 0.25) is 0 Å². The molecule has 0 aliphatic heterocycles. The third kappa shape index (κ3) is 3.25. The fourth-order valence-electron chi connectivity index (χ4n) is 1.57. The lowest BCUT2D eigenvalue weighted by Crippen LogP contribution is -1.95. The Kier molecular flexibility index (Phi) is 3.66. The van der Waals surface area contributed by atoms with Crippen LogP contribution in [0.25, 0.3) is 0 Å².